The summed E-state index contributed by atoms with van der Waals surface area (Å²) in [6.07, 6.45) is 4.68. The summed E-state index contributed by atoms with van der Waals surface area (Å²) >= 11 is 0. The van der Waals surface area contributed by atoms with Crippen molar-refractivity contribution in [3.05, 3.63) is 84.1 Å². The lowest BCUT2D eigenvalue weighted by molar-refractivity contribution is 0.0925. The van der Waals surface area contributed by atoms with E-state index in [1.165, 1.54) is 12.1 Å². The van der Waals surface area contributed by atoms with E-state index in [1.54, 1.807) is 19.2 Å². The van der Waals surface area contributed by atoms with Crippen molar-refractivity contribution in [2.24, 2.45) is 0 Å². The lowest BCUT2D eigenvalue weighted by atomic mass is 10.0. The first-order valence-corrected chi connectivity index (χ1v) is 12.4. The maximum absolute atomic E-state index is 13.7. The van der Waals surface area contributed by atoms with Gasteiger partial charge in [0, 0.05) is 30.3 Å². The molecule has 5 rings (SSSR count). The van der Waals surface area contributed by atoms with Crippen LogP contribution in [0, 0.1) is 5.82 Å². The molecule has 0 bridgehead atoms. The van der Waals surface area contributed by atoms with E-state index in [4.69, 9.17) is 14.5 Å². The van der Waals surface area contributed by atoms with Crippen LogP contribution in [0.2, 0.25) is 0 Å². The highest BCUT2D eigenvalue weighted by Crippen LogP contribution is 2.40. The monoisotopic (exact) mass is 486 g/mol. The molecule has 186 valence electrons. The largest absolute Gasteiger partial charge is 0.497 e. The Morgan fingerprint density at radius 1 is 1.06 bits per heavy atom. The van der Waals surface area contributed by atoms with Crippen LogP contribution in [-0.4, -0.2) is 34.8 Å². The lowest BCUT2D eigenvalue weighted by Gasteiger charge is -2.18. The molecule has 0 saturated heterocycles. The van der Waals surface area contributed by atoms with Crippen molar-refractivity contribution in [1.29, 1.82) is 0 Å². The smallest absolute Gasteiger partial charge is 0.126 e. The molecule has 1 atom stereocenters. The third kappa shape index (κ3) is 5.11. The standard InChI is InChI=1S/C29H31FN4O2/c1-3-15-31-26-17-22(14-16-32-26)29-28(21-6-8-23(30)9-7-21)33-27-13-10-24(34(27)29)19-36-18-20-4-11-25(35-2)12-5-20/h4-9,11-12,14,16-17,24H,3,10,13,15,18-19H2,1-2H3,(H,31,32). The Morgan fingerprint density at radius 2 is 1.86 bits per heavy atom. The molecule has 2 aromatic heterocycles. The maximum Gasteiger partial charge on any atom is 0.126 e. The third-order valence-electron chi connectivity index (χ3n) is 6.50. The zero-order valence-corrected chi connectivity index (χ0v) is 20.7. The van der Waals surface area contributed by atoms with Crippen LogP contribution in [-0.2, 0) is 17.8 Å². The molecular weight excluding hydrogens is 455 g/mol. The molecule has 1 unspecified atom stereocenters. The number of methoxy groups -OCH3 is 1. The van der Waals surface area contributed by atoms with Crippen LogP contribution in [0.25, 0.3) is 22.5 Å². The fraction of sp³-hybridized carbons (Fsp3) is 0.310. The van der Waals surface area contributed by atoms with E-state index in [-0.39, 0.29) is 11.9 Å². The lowest BCUT2D eigenvalue weighted by Crippen LogP contribution is -2.13. The highest BCUT2D eigenvalue weighted by atomic mass is 19.1. The van der Waals surface area contributed by atoms with E-state index in [2.05, 4.69) is 27.9 Å². The van der Waals surface area contributed by atoms with Crippen LogP contribution in [0.4, 0.5) is 10.2 Å². The molecule has 6 nitrogen and oxygen atoms in total. The predicted molar refractivity (Wildman–Crippen MR) is 140 cm³/mol. The van der Waals surface area contributed by atoms with Crippen molar-refractivity contribution in [2.45, 2.75) is 38.8 Å². The summed E-state index contributed by atoms with van der Waals surface area (Å²) in [6.45, 7) is 4.10. The first-order valence-electron chi connectivity index (χ1n) is 12.4. The zero-order chi connectivity index (χ0) is 24.9. The van der Waals surface area contributed by atoms with E-state index in [0.29, 0.717) is 13.2 Å². The summed E-state index contributed by atoms with van der Waals surface area (Å²) in [6, 6.07) is 18.8. The zero-order valence-electron chi connectivity index (χ0n) is 20.7. The van der Waals surface area contributed by atoms with Crippen molar-refractivity contribution in [1.82, 2.24) is 14.5 Å². The van der Waals surface area contributed by atoms with Crippen molar-refractivity contribution in [3.63, 3.8) is 0 Å². The normalized spacial score (nSPS) is 14.6. The van der Waals surface area contributed by atoms with Gasteiger partial charge in [0.1, 0.15) is 23.2 Å². The average molecular weight is 487 g/mol. The quantitative estimate of drug-likeness (QED) is 0.286. The molecule has 36 heavy (non-hydrogen) atoms. The second-order valence-electron chi connectivity index (χ2n) is 9.01. The predicted octanol–water partition coefficient (Wildman–Crippen LogP) is 6.29. The van der Waals surface area contributed by atoms with Crippen LogP contribution in [0.5, 0.6) is 5.75 Å². The van der Waals surface area contributed by atoms with Crippen molar-refractivity contribution in [3.8, 4) is 28.3 Å². The van der Waals surface area contributed by atoms with E-state index >= 15 is 0 Å². The topological polar surface area (TPSA) is 61.2 Å². The van der Waals surface area contributed by atoms with Gasteiger partial charge in [0.2, 0.25) is 0 Å². The summed E-state index contributed by atoms with van der Waals surface area (Å²) in [4.78, 5) is 9.51. The molecule has 0 radical (unpaired) electrons. The molecule has 7 heteroatoms. The Bertz CT molecular complexity index is 1300. The molecule has 0 aliphatic carbocycles. The highest BCUT2D eigenvalue weighted by Gasteiger charge is 2.30. The minimum absolute atomic E-state index is 0.162. The number of anilines is 1. The minimum atomic E-state index is -0.258. The molecular formula is C29H31FN4O2. The summed E-state index contributed by atoms with van der Waals surface area (Å²) in [5, 5.41) is 3.38. The molecule has 1 aliphatic rings. The average Bonchev–Trinajstić information content (AvgIpc) is 3.48. The minimum Gasteiger partial charge on any atom is -0.497 e. The number of nitrogens with one attached hydrogen (secondary N) is 1. The number of rotatable bonds is 10. The number of hydrogen-bond acceptors (Lipinski definition) is 5. The van der Waals surface area contributed by atoms with Crippen LogP contribution in [0.3, 0.4) is 0 Å². The molecule has 0 fully saturated rings. The molecule has 3 heterocycles. The van der Waals surface area contributed by atoms with E-state index in [1.807, 2.05) is 36.5 Å². The number of benzene rings is 2. The molecule has 0 amide bonds. The molecule has 1 N–H and O–H groups in total. The number of halogens is 1. The number of imidazole rings is 1. The molecule has 4 aromatic rings. The Morgan fingerprint density at radius 3 is 2.61 bits per heavy atom. The number of pyridine rings is 1. The number of fused-ring (bicyclic) bond motifs is 1. The number of ether oxygens (including phenoxy) is 2. The van der Waals surface area contributed by atoms with Crippen molar-refractivity contribution < 1.29 is 13.9 Å². The summed E-state index contributed by atoms with van der Waals surface area (Å²) in [5.74, 6) is 2.44. The summed E-state index contributed by atoms with van der Waals surface area (Å²) in [7, 11) is 1.66. The van der Waals surface area contributed by atoms with Gasteiger partial charge in [0.25, 0.3) is 0 Å². The van der Waals surface area contributed by atoms with Crippen LogP contribution in [0.15, 0.2) is 66.9 Å². The van der Waals surface area contributed by atoms with E-state index in [0.717, 1.165) is 71.3 Å². The first-order chi connectivity index (χ1) is 17.7. The fourth-order valence-corrected chi connectivity index (χ4v) is 4.68. The van der Waals surface area contributed by atoms with Crippen LogP contribution < -0.4 is 10.1 Å². The highest BCUT2D eigenvalue weighted by molar-refractivity contribution is 5.80. The SMILES string of the molecule is CCCNc1cc(-c2c(-c3ccc(F)cc3)nc3n2C(COCc2ccc(OC)cc2)CC3)ccn1. The van der Waals surface area contributed by atoms with Gasteiger partial charge >= 0.3 is 0 Å². The van der Waals surface area contributed by atoms with Gasteiger partial charge in [-0.3, -0.25) is 0 Å². The Hall–Kier alpha value is -3.71. The van der Waals surface area contributed by atoms with E-state index in [9.17, 15) is 4.39 Å². The van der Waals surface area contributed by atoms with Gasteiger partial charge in [-0.1, -0.05) is 19.1 Å². The number of aryl methyl sites for hydroxylation is 1. The number of hydrogen-bond donors (Lipinski definition) is 1. The Kier molecular flexibility index (Phi) is 7.28. The summed E-state index contributed by atoms with van der Waals surface area (Å²) in [5.41, 5.74) is 4.91. The van der Waals surface area contributed by atoms with Crippen molar-refractivity contribution >= 4 is 5.82 Å². The van der Waals surface area contributed by atoms with Crippen LogP contribution in [0.1, 0.15) is 37.2 Å². The van der Waals surface area contributed by atoms with Gasteiger partial charge in [-0.15, -0.1) is 0 Å². The first kappa shape index (κ1) is 24.0. The Balaban J connectivity index is 1.45. The third-order valence-corrected chi connectivity index (χ3v) is 6.50. The number of nitrogens with zero attached hydrogens (tertiary/aromatic N) is 3. The summed E-state index contributed by atoms with van der Waals surface area (Å²) < 4.78 is 27.4. The molecule has 2 aromatic carbocycles. The second-order valence-corrected chi connectivity index (χ2v) is 9.01. The van der Waals surface area contributed by atoms with Gasteiger partial charge in [-0.25, -0.2) is 14.4 Å². The fourth-order valence-electron chi connectivity index (χ4n) is 4.68. The van der Waals surface area contributed by atoms with Gasteiger partial charge in [0.05, 0.1) is 37.8 Å². The molecule has 0 spiro atoms. The Labute approximate surface area is 211 Å². The van der Waals surface area contributed by atoms with E-state index < -0.39 is 0 Å². The molecule has 0 saturated carbocycles. The van der Waals surface area contributed by atoms with Gasteiger partial charge in [0.15, 0.2) is 0 Å². The number of aromatic nitrogens is 3. The van der Waals surface area contributed by atoms with Crippen molar-refractivity contribution in [2.75, 3.05) is 25.6 Å². The van der Waals surface area contributed by atoms with Crippen LogP contribution >= 0.6 is 0 Å². The van der Waals surface area contributed by atoms with Gasteiger partial charge < -0.3 is 19.4 Å². The molecule has 1 aliphatic heterocycles. The maximum atomic E-state index is 13.7. The second kappa shape index (κ2) is 10.9. The van der Waals surface area contributed by atoms with Gasteiger partial charge in [-0.2, -0.15) is 0 Å². The van der Waals surface area contributed by atoms with Gasteiger partial charge in [-0.05, 0) is 66.9 Å².